The van der Waals surface area contributed by atoms with Crippen LogP contribution >= 0.6 is 11.6 Å². The summed E-state index contributed by atoms with van der Waals surface area (Å²) in [6.07, 6.45) is 1.95. The molecule has 0 spiro atoms. The van der Waals surface area contributed by atoms with E-state index in [2.05, 4.69) is 10.3 Å². The quantitative estimate of drug-likeness (QED) is 0.891. The van der Waals surface area contributed by atoms with Crippen LogP contribution in [0.4, 0.5) is 0 Å². The maximum Gasteiger partial charge on any atom is 0.124 e. The molecule has 3 nitrogen and oxygen atoms in total. The first kappa shape index (κ1) is 13.7. The molecule has 1 aliphatic rings. The number of aromatic hydroxyl groups is 1. The zero-order chi connectivity index (χ0) is 14.7. The first-order chi connectivity index (χ1) is 10.2. The number of hydrogen-bond donors (Lipinski definition) is 2. The van der Waals surface area contributed by atoms with Crippen molar-refractivity contribution < 1.29 is 5.11 Å². The summed E-state index contributed by atoms with van der Waals surface area (Å²) < 4.78 is 0. The van der Waals surface area contributed by atoms with Gasteiger partial charge in [0, 0.05) is 22.8 Å². The summed E-state index contributed by atoms with van der Waals surface area (Å²) >= 11 is 6.03. The van der Waals surface area contributed by atoms with E-state index in [1.165, 1.54) is 0 Å². The number of aliphatic imine (C=N–C) groups is 1. The van der Waals surface area contributed by atoms with Crippen molar-refractivity contribution in [2.45, 2.75) is 0 Å². The molecule has 0 bridgehead atoms. The lowest BCUT2D eigenvalue weighted by atomic mass is 10.1. The Morgan fingerprint density at radius 2 is 1.90 bits per heavy atom. The second-order valence-electron chi connectivity index (χ2n) is 4.78. The molecule has 0 saturated heterocycles. The average molecular weight is 299 g/mol. The number of hydrogen-bond acceptors (Lipinski definition) is 3. The highest BCUT2D eigenvalue weighted by Crippen LogP contribution is 2.27. The number of phenolic OH excluding ortho intramolecular Hbond substituents is 1. The molecule has 0 amide bonds. The Morgan fingerprint density at radius 3 is 2.71 bits per heavy atom. The fourth-order valence-corrected chi connectivity index (χ4v) is 2.45. The molecule has 0 saturated carbocycles. The van der Waals surface area contributed by atoms with E-state index in [0.29, 0.717) is 23.7 Å². The minimum absolute atomic E-state index is 0.201. The Labute approximate surface area is 128 Å². The van der Waals surface area contributed by atoms with E-state index in [-0.39, 0.29) is 5.75 Å². The predicted octanol–water partition coefficient (Wildman–Crippen LogP) is 3.48. The molecule has 0 unspecified atom stereocenters. The summed E-state index contributed by atoms with van der Waals surface area (Å²) in [5.74, 6) is 0.201. The Kier molecular flexibility index (Phi) is 3.93. The van der Waals surface area contributed by atoms with Gasteiger partial charge in [-0.1, -0.05) is 41.9 Å². The molecule has 0 fully saturated rings. The highest BCUT2D eigenvalue weighted by Gasteiger charge is 2.12. The number of rotatable bonds is 2. The van der Waals surface area contributed by atoms with Crippen LogP contribution < -0.4 is 5.32 Å². The van der Waals surface area contributed by atoms with Gasteiger partial charge in [0.2, 0.25) is 0 Å². The van der Waals surface area contributed by atoms with E-state index in [9.17, 15) is 5.11 Å². The lowest BCUT2D eigenvalue weighted by Gasteiger charge is -2.11. The number of nitrogens with zero attached hydrogens (tertiary/aromatic N) is 1. The van der Waals surface area contributed by atoms with Gasteiger partial charge in [0.15, 0.2) is 0 Å². The van der Waals surface area contributed by atoms with E-state index in [4.69, 9.17) is 11.6 Å². The van der Waals surface area contributed by atoms with Crippen molar-refractivity contribution in [2.75, 3.05) is 13.1 Å². The van der Waals surface area contributed by atoms with Gasteiger partial charge in [-0.05, 0) is 29.8 Å². The molecule has 2 aromatic rings. The van der Waals surface area contributed by atoms with Crippen LogP contribution in [0.15, 0.2) is 59.6 Å². The standard InChI is InChI=1S/C17H15ClN2O/c18-13-6-7-17(21)14(10-13)16-11-15(19-8-9-20-16)12-4-2-1-3-5-12/h1-7,10-11,20-21H,8-9H2. The fourth-order valence-electron chi connectivity index (χ4n) is 2.28. The van der Waals surface area contributed by atoms with Crippen LogP contribution in [0.5, 0.6) is 5.75 Å². The predicted molar refractivity (Wildman–Crippen MR) is 86.9 cm³/mol. The second kappa shape index (κ2) is 6.02. The lowest BCUT2D eigenvalue weighted by molar-refractivity contribution is 0.473. The third kappa shape index (κ3) is 3.09. The van der Waals surface area contributed by atoms with Gasteiger partial charge < -0.3 is 10.4 Å². The maximum absolute atomic E-state index is 10.1. The number of phenols is 1. The van der Waals surface area contributed by atoms with E-state index < -0.39 is 0 Å². The number of benzene rings is 2. The highest BCUT2D eigenvalue weighted by atomic mass is 35.5. The van der Waals surface area contributed by atoms with Crippen LogP contribution in [-0.2, 0) is 0 Å². The SMILES string of the molecule is Oc1ccc(Cl)cc1C1=CC(c2ccccc2)=NCCN1. The minimum atomic E-state index is 0.201. The monoisotopic (exact) mass is 298 g/mol. The van der Waals surface area contributed by atoms with E-state index in [1.54, 1.807) is 18.2 Å². The molecule has 4 heteroatoms. The first-order valence-electron chi connectivity index (χ1n) is 6.78. The lowest BCUT2D eigenvalue weighted by Crippen LogP contribution is -2.14. The van der Waals surface area contributed by atoms with Crippen molar-refractivity contribution in [1.82, 2.24) is 5.32 Å². The third-order valence-corrected chi connectivity index (χ3v) is 3.54. The molecular weight excluding hydrogens is 284 g/mol. The van der Waals surface area contributed by atoms with Gasteiger partial charge in [-0.25, -0.2) is 0 Å². The van der Waals surface area contributed by atoms with Crippen molar-refractivity contribution >= 4 is 23.0 Å². The maximum atomic E-state index is 10.1. The third-order valence-electron chi connectivity index (χ3n) is 3.31. The molecule has 0 atom stereocenters. The molecule has 0 aromatic heterocycles. The molecule has 3 rings (SSSR count). The Bertz CT molecular complexity index is 708. The van der Waals surface area contributed by atoms with Gasteiger partial charge in [0.1, 0.15) is 5.75 Å². The summed E-state index contributed by atoms with van der Waals surface area (Å²) in [5.41, 5.74) is 3.47. The van der Waals surface area contributed by atoms with Crippen LogP contribution in [0.25, 0.3) is 5.70 Å². The van der Waals surface area contributed by atoms with Gasteiger partial charge in [0.25, 0.3) is 0 Å². The average Bonchev–Trinajstić information content (AvgIpc) is 2.76. The fraction of sp³-hybridized carbons (Fsp3) is 0.118. The molecule has 1 heterocycles. The van der Waals surface area contributed by atoms with Crippen molar-refractivity contribution in [1.29, 1.82) is 0 Å². The zero-order valence-electron chi connectivity index (χ0n) is 11.4. The molecule has 2 N–H and O–H groups in total. The van der Waals surface area contributed by atoms with E-state index >= 15 is 0 Å². The summed E-state index contributed by atoms with van der Waals surface area (Å²) in [4.78, 5) is 4.58. The molecular formula is C17H15ClN2O. The number of halogens is 1. The van der Waals surface area contributed by atoms with Gasteiger partial charge in [-0.3, -0.25) is 4.99 Å². The van der Waals surface area contributed by atoms with Gasteiger partial charge in [-0.15, -0.1) is 0 Å². The van der Waals surface area contributed by atoms with E-state index in [0.717, 1.165) is 17.0 Å². The molecule has 21 heavy (non-hydrogen) atoms. The Hall–Kier alpha value is -2.26. The molecule has 106 valence electrons. The minimum Gasteiger partial charge on any atom is -0.507 e. The summed E-state index contributed by atoms with van der Waals surface area (Å²) in [7, 11) is 0. The first-order valence-corrected chi connectivity index (χ1v) is 7.16. The molecule has 0 aliphatic carbocycles. The van der Waals surface area contributed by atoms with Gasteiger partial charge >= 0.3 is 0 Å². The highest BCUT2D eigenvalue weighted by molar-refractivity contribution is 6.30. The number of nitrogens with one attached hydrogen (secondary N) is 1. The summed E-state index contributed by atoms with van der Waals surface area (Å²) in [6, 6.07) is 15.0. The number of allylic oxidation sites excluding steroid dienone is 1. The topological polar surface area (TPSA) is 44.6 Å². The van der Waals surface area contributed by atoms with Crippen LogP contribution in [0.1, 0.15) is 11.1 Å². The van der Waals surface area contributed by atoms with Crippen molar-refractivity contribution in [3.8, 4) is 5.75 Å². The molecule has 0 radical (unpaired) electrons. The van der Waals surface area contributed by atoms with Crippen molar-refractivity contribution in [2.24, 2.45) is 4.99 Å². The largest absolute Gasteiger partial charge is 0.507 e. The summed E-state index contributed by atoms with van der Waals surface area (Å²) in [6.45, 7) is 1.40. The van der Waals surface area contributed by atoms with Crippen LogP contribution in [0.3, 0.4) is 0 Å². The smallest absolute Gasteiger partial charge is 0.124 e. The molecule has 2 aromatic carbocycles. The summed E-state index contributed by atoms with van der Waals surface area (Å²) in [5, 5.41) is 13.9. The van der Waals surface area contributed by atoms with Crippen LogP contribution in [-0.4, -0.2) is 23.9 Å². The van der Waals surface area contributed by atoms with Crippen molar-refractivity contribution in [3.63, 3.8) is 0 Å². The Balaban J connectivity index is 2.04. The van der Waals surface area contributed by atoms with Gasteiger partial charge in [0.05, 0.1) is 12.3 Å². The van der Waals surface area contributed by atoms with Crippen LogP contribution in [0.2, 0.25) is 5.02 Å². The van der Waals surface area contributed by atoms with E-state index in [1.807, 2.05) is 36.4 Å². The van der Waals surface area contributed by atoms with Gasteiger partial charge in [-0.2, -0.15) is 0 Å². The Morgan fingerprint density at radius 1 is 1.10 bits per heavy atom. The van der Waals surface area contributed by atoms with Crippen molar-refractivity contribution in [3.05, 3.63) is 70.8 Å². The van der Waals surface area contributed by atoms with Crippen LogP contribution in [0, 0.1) is 0 Å². The molecule has 1 aliphatic heterocycles. The normalized spacial score (nSPS) is 14.7. The zero-order valence-corrected chi connectivity index (χ0v) is 12.1. The second-order valence-corrected chi connectivity index (χ2v) is 5.22.